The second kappa shape index (κ2) is 15.9. The summed E-state index contributed by atoms with van der Waals surface area (Å²) in [6, 6.07) is 86.9. The summed E-state index contributed by atoms with van der Waals surface area (Å²) in [5.41, 5.74) is 8.58. The lowest BCUT2D eigenvalue weighted by Crippen LogP contribution is -2.74. The van der Waals surface area contributed by atoms with Gasteiger partial charge in [-0.2, -0.15) is 9.97 Å². The summed E-state index contributed by atoms with van der Waals surface area (Å²) in [7, 11) is -2.97. The molecule has 0 saturated heterocycles. The van der Waals surface area contributed by atoms with Crippen LogP contribution in [0.4, 0.5) is 0 Å². The zero-order chi connectivity index (χ0) is 41.3. The van der Waals surface area contributed by atoms with E-state index >= 15 is 0 Å². The Balaban J connectivity index is 1.18. The Morgan fingerprint density at radius 1 is 0.306 bits per heavy atom. The van der Waals surface area contributed by atoms with Crippen LogP contribution in [0.2, 0.25) is 0 Å². The molecule has 0 aliphatic heterocycles. The zero-order valence-electron chi connectivity index (χ0n) is 33.9. The fourth-order valence-corrected chi connectivity index (χ4v) is 14.0. The van der Waals surface area contributed by atoms with Gasteiger partial charge in [-0.15, -0.1) is 0 Å². The molecule has 0 amide bonds. The predicted octanol–water partition coefficient (Wildman–Crippen LogP) is 11.0. The van der Waals surface area contributed by atoms with E-state index in [0.717, 1.165) is 44.1 Å². The maximum atomic E-state index is 5.46. The number of rotatable bonds is 9. The van der Waals surface area contributed by atoms with Crippen LogP contribution in [0.25, 0.3) is 72.8 Å². The van der Waals surface area contributed by atoms with Crippen LogP contribution < -0.4 is 20.7 Å². The van der Waals surface area contributed by atoms with Crippen LogP contribution in [0, 0.1) is 0 Å². The van der Waals surface area contributed by atoms with Crippen molar-refractivity contribution in [3.63, 3.8) is 0 Å². The average Bonchev–Trinajstić information content (AvgIpc) is 3.71. The third kappa shape index (κ3) is 6.43. The van der Waals surface area contributed by atoms with Crippen molar-refractivity contribution in [2.24, 2.45) is 0 Å². The highest BCUT2D eigenvalue weighted by atomic mass is 28.3. The maximum absolute atomic E-state index is 5.46. The molecule has 0 radical (unpaired) electrons. The number of aromatic nitrogens is 4. The lowest BCUT2D eigenvalue weighted by atomic mass is 10.0. The molecule has 62 heavy (non-hydrogen) atoms. The largest absolute Gasteiger partial charge is 0.277 e. The van der Waals surface area contributed by atoms with Gasteiger partial charge in [-0.25, -0.2) is 4.98 Å². The first-order valence-electron chi connectivity index (χ1n) is 21.0. The highest BCUT2D eigenvalue weighted by Gasteiger charge is 2.42. The van der Waals surface area contributed by atoms with E-state index in [1.807, 2.05) is 18.2 Å². The van der Waals surface area contributed by atoms with Gasteiger partial charge in [0.15, 0.2) is 19.7 Å². The molecule has 5 heteroatoms. The minimum Gasteiger partial charge on any atom is -0.277 e. The molecule has 4 nitrogen and oxygen atoms in total. The van der Waals surface area contributed by atoms with Crippen molar-refractivity contribution in [3.8, 4) is 51.0 Å². The molecule has 0 bridgehead atoms. The Morgan fingerprint density at radius 3 is 1.37 bits per heavy atom. The summed E-state index contributed by atoms with van der Waals surface area (Å²) < 4.78 is 2.23. The standard InChI is InChI=1S/C57H40N4Si/c1-6-21-41(22-7-1)44-27-18-33-48(39-44)62(46-29-12-4-13-30-46,47-31-14-5-15-32-47)49-34-19-28-45(40-49)56-58-55(43-25-10-3-11-26-43)59-57(60-56)61-53-38-17-16-35-51(53)52-37-20-36-50(54(52)61)42-23-8-2-9-24-42/h1-40H. The van der Waals surface area contributed by atoms with Gasteiger partial charge in [-0.1, -0.05) is 237 Å². The van der Waals surface area contributed by atoms with Gasteiger partial charge in [0.2, 0.25) is 5.95 Å². The predicted molar refractivity (Wildman–Crippen MR) is 260 cm³/mol. The van der Waals surface area contributed by atoms with Crippen molar-refractivity contribution < 1.29 is 0 Å². The summed E-state index contributed by atoms with van der Waals surface area (Å²) in [5, 5.41) is 7.43. The molecule has 0 aliphatic carbocycles. The molecule has 0 aliphatic rings. The first-order chi connectivity index (χ1) is 30.8. The normalized spacial score (nSPS) is 11.5. The van der Waals surface area contributed by atoms with Crippen molar-refractivity contribution in [1.29, 1.82) is 0 Å². The number of hydrogen-bond acceptors (Lipinski definition) is 3. The quantitative estimate of drug-likeness (QED) is 0.108. The molecule has 0 N–H and O–H groups in total. The van der Waals surface area contributed by atoms with Gasteiger partial charge in [0.25, 0.3) is 0 Å². The highest BCUT2D eigenvalue weighted by molar-refractivity contribution is 7.20. The van der Waals surface area contributed by atoms with Crippen LogP contribution in [0.15, 0.2) is 243 Å². The van der Waals surface area contributed by atoms with Crippen LogP contribution >= 0.6 is 0 Å². The second-order valence-corrected chi connectivity index (χ2v) is 19.4. The third-order valence-electron chi connectivity index (χ3n) is 12.0. The Bertz CT molecular complexity index is 3290. The average molecular weight is 809 g/mol. The Kier molecular flexibility index (Phi) is 9.49. The molecule has 292 valence electrons. The fourth-order valence-electron chi connectivity index (χ4n) is 9.22. The van der Waals surface area contributed by atoms with E-state index in [9.17, 15) is 0 Å². The first-order valence-corrected chi connectivity index (χ1v) is 23.0. The summed E-state index contributed by atoms with van der Waals surface area (Å²) in [6.07, 6.45) is 0. The van der Waals surface area contributed by atoms with Crippen molar-refractivity contribution >= 4 is 50.6 Å². The number of fused-ring (bicyclic) bond motifs is 3. The lowest BCUT2D eigenvalue weighted by molar-refractivity contribution is 0.954. The first kappa shape index (κ1) is 37.0. The van der Waals surface area contributed by atoms with Gasteiger partial charge >= 0.3 is 0 Å². The molecule has 11 rings (SSSR count). The highest BCUT2D eigenvalue weighted by Crippen LogP contribution is 2.38. The molecule has 0 unspecified atom stereocenters. The SMILES string of the molecule is c1ccc(-c2cccc([Si](c3ccccc3)(c3ccccc3)c3cccc(-c4nc(-c5ccccc5)nc(-n5c6ccccc6c6cccc(-c7ccccc7)c65)n4)c3)c2)cc1. The number of para-hydroxylation sites is 2. The Hall–Kier alpha value is -7.99. The summed E-state index contributed by atoms with van der Waals surface area (Å²) in [5.74, 6) is 1.80. The molecule has 9 aromatic carbocycles. The van der Waals surface area contributed by atoms with E-state index < -0.39 is 8.07 Å². The van der Waals surface area contributed by atoms with E-state index in [4.69, 9.17) is 15.0 Å². The number of nitrogens with zero attached hydrogens (tertiary/aromatic N) is 4. The lowest BCUT2D eigenvalue weighted by Gasteiger charge is -2.35. The molecule has 0 saturated carbocycles. The van der Waals surface area contributed by atoms with Crippen molar-refractivity contribution in [2.75, 3.05) is 0 Å². The summed E-state index contributed by atoms with van der Waals surface area (Å²) in [6.45, 7) is 0. The van der Waals surface area contributed by atoms with E-state index in [0.29, 0.717) is 17.6 Å². The molecular formula is C57H40N4Si. The summed E-state index contributed by atoms with van der Waals surface area (Å²) >= 11 is 0. The molecule has 2 heterocycles. The van der Waals surface area contributed by atoms with Gasteiger partial charge in [0, 0.05) is 27.5 Å². The Morgan fingerprint density at radius 2 is 0.742 bits per heavy atom. The van der Waals surface area contributed by atoms with Crippen molar-refractivity contribution in [2.45, 2.75) is 0 Å². The maximum Gasteiger partial charge on any atom is 0.238 e. The van der Waals surface area contributed by atoms with Crippen LogP contribution in [0.5, 0.6) is 0 Å². The van der Waals surface area contributed by atoms with Crippen LogP contribution in [-0.4, -0.2) is 27.6 Å². The Labute approximate surface area is 362 Å². The minimum absolute atomic E-state index is 0.569. The number of hydrogen-bond donors (Lipinski definition) is 0. The van der Waals surface area contributed by atoms with Crippen LogP contribution in [0.3, 0.4) is 0 Å². The van der Waals surface area contributed by atoms with Gasteiger partial charge in [0.05, 0.1) is 11.0 Å². The number of benzene rings is 9. The minimum atomic E-state index is -2.97. The topological polar surface area (TPSA) is 43.6 Å². The smallest absolute Gasteiger partial charge is 0.238 e. The van der Waals surface area contributed by atoms with Crippen molar-refractivity contribution in [3.05, 3.63) is 243 Å². The molecule has 0 atom stereocenters. The van der Waals surface area contributed by atoms with E-state index in [-0.39, 0.29) is 0 Å². The van der Waals surface area contributed by atoms with Gasteiger partial charge in [0.1, 0.15) is 0 Å². The van der Waals surface area contributed by atoms with Crippen LogP contribution in [0.1, 0.15) is 0 Å². The van der Waals surface area contributed by atoms with E-state index in [1.54, 1.807) is 0 Å². The second-order valence-electron chi connectivity index (χ2n) is 15.6. The fraction of sp³-hybridized carbons (Fsp3) is 0. The summed E-state index contributed by atoms with van der Waals surface area (Å²) in [4.78, 5) is 16.1. The van der Waals surface area contributed by atoms with Crippen LogP contribution in [-0.2, 0) is 0 Å². The molecule has 0 fully saturated rings. The van der Waals surface area contributed by atoms with Gasteiger partial charge < -0.3 is 0 Å². The zero-order valence-corrected chi connectivity index (χ0v) is 34.9. The molecule has 0 spiro atoms. The van der Waals surface area contributed by atoms with Gasteiger partial charge in [-0.3, -0.25) is 4.57 Å². The third-order valence-corrected chi connectivity index (χ3v) is 16.8. The molecule has 11 aromatic rings. The molecule has 2 aromatic heterocycles. The monoisotopic (exact) mass is 808 g/mol. The van der Waals surface area contributed by atoms with E-state index in [1.165, 1.54) is 31.9 Å². The van der Waals surface area contributed by atoms with Crippen molar-refractivity contribution in [1.82, 2.24) is 19.5 Å². The van der Waals surface area contributed by atoms with Gasteiger partial charge in [-0.05, 0) is 43.5 Å². The van der Waals surface area contributed by atoms with E-state index in [2.05, 4.69) is 229 Å². The molecular weight excluding hydrogens is 769 g/mol.